The Morgan fingerprint density at radius 1 is 1.09 bits per heavy atom. The summed E-state index contributed by atoms with van der Waals surface area (Å²) in [4.78, 5) is 42.4. The lowest BCUT2D eigenvalue weighted by molar-refractivity contribution is -0.384. The van der Waals surface area contributed by atoms with Crippen molar-refractivity contribution in [3.05, 3.63) is 38.8 Å². The van der Waals surface area contributed by atoms with Crippen molar-refractivity contribution in [2.75, 3.05) is 56.2 Å². The van der Waals surface area contributed by atoms with Gasteiger partial charge in [-0.05, 0) is 47.6 Å². The number of carbonyl (C=O) groups excluding carboxylic acids is 2. The molecule has 0 unspecified atom stereocenters. The van der Waals surface area contributed by atoms with Crippen molar-refractivity contribution in [3.63, 3.8) is 0 Å². The second-order valence-corrected chi connectivity index (χ2v) is 8.78. The molecule has 1 aromatic rings. The smallest absolute Gasteiger partial charge is 0.347 e. The molecule has 0 aromatic heterocycles. The molecule has 3 rings (SSSR count). The van der Waals surface area contributed by atoms with Gasteiger partial charge in [0.1, 0.15) is 5.69 Å². The number of nitrogens with zero attached hydrogens (tertiary/aromatic N) is 4. The van der Waals surface area contributed by atoms with Crippen LogP contribution >= 0.6 is 0 Å². The monoisotopic (exact) mass is 492 g/mol. The maximum absolute atomic E-state index is 15.6. The third-order valence-corrected chi connectivity index (χ3v) is 6.29. The summed E-state index contributed by atoms with van der Waals surface area (Å²) in [6.45, 7) is 8.95. The molecular formula is C24H33FN4O6. The largest absolute Gasteiger partial charge is 0.462 e. The number of nitro groups is 1. The van der Waals surface area contributed by atoms with Crippen LogP contribution < -0.4 is 9.80 Å². The summed E-state index contributed by atoms with van der Waals surface area (Å²) in [7, 11) is 1.99. The van der Waals surface area contributed by atoms with Gasteiger partial charge in [-0.3, -0.25) is 10.1 Å². The zero-order chi connectivity index (χ0) is 25.9. The Bertz CT molecular complexity index is 1010. The van der Waals surface area contributed by atoms with Gasteiger partial charge in [0, 0.05) is 44.0 Å². The number of likely N-dealkylation sites (N-methyl/N-ethyl adjacent to an activating group) is 1. The predicted octanol–water partition coefficient (Wildman–Crippen LogP) is 3.08. The van der Waals surface area contributed by atoms with Crippen molar-refractivity contribution in [1.82, 2.24) is 4.90 Å². The number of halogens is 1. The Labute approximate surface area is 204 Å². The SMILES string of the molecule is CCOC(=O)C(=CN(c1c(C)c(N2CCN(C)CC2)c(F)c(C)c1[N+](=O)[O-])C1CC1)C(=O)OCC. The molecule has 192 valence electrons. The zero-order valence-electron chi connectivity index (χ0n) is 20.9. The van der Waals surface area contributed by atoms with E-state index in [1.165, 1.54) is 13.1 Å². The molecule has 0 amide bonds. The first-order valence-corrected chi connectivity index (χ1v) is 11.9. The minimum atomic E-state index is -0.880. The average molecular weight is 493 g/mol. The van der Waals surface area contributed by atoms with E-state index in [0.717, 1.165) is 13.1 Å². The first-order valence-electron chi connectivity index (χ1n) is 11.9. The Hall–Kier alpha value is -3.21. The molecule has 1 saturated carbocycles. The van der Waals surface area contributed by atoms with Gasteiger partial charge >= 0.3 is 11.9 Å². The highest BCUT2D eigenvalue weighted by atomic mass is 19.1. The van der Waals surface area contributed by atoms with E-state index in [1.54, 1.807) is 25.7 Å². The first-order chi connectivity index (χ1) is 16.6. The number of hydrogen-bond acceptors (Lipinski definition) is 9. The topological polar surface area (TPSA) is 105 Å². The van der Waals surface area contributed by atoms with Crippen molar-refractivity contribution in [2.24, 2.45) is 0 Å². The maximum Gasteiger partial charge on any atom is 0.347 e. The highest BCUT2D eigenvalue weighted by Gasteiger charge is 2.39. The van der Waals surface area contributed by atoms with Crippen molar-refractivity contribution >= 4 is 29.0 Å². The molecular weight excluding hydrogens is 459 g/mol. The fourth-order valence-electron chi connectivity index (χ4n) is 4.31. The van der Waals surface area contributed by atoms with Crippen molar-refractivity contribution in [1.29, 1.82) is 0 Å². The van der Waals surface area contributed by atoms with Gasteiger partial charge in [-0.25, -0.2) is 14.0 Å². The van der Waals surface area contributed by atoms with Gasteiger partial charge in [-0.2, -0.15) is 0 Å². The van der Waals surface area contributed by atoms with Gasteiger partial charge in [0.05, 0.1) is 29.4 Å². The molecule has 1 heterocycles. The summed E-state index contributed by atoms with van der Waals surface area (Å²) in [6.07, 6.45) is 2.67. The summed E-state index contributed by atoms with van der Waals surface area (Å²) in [5.41, 5.74) is 0.0444. The Kier molecular flexibility index (Phi) is 8.31. The van der Waals surface area contributed by atoms with Crippen LogP contribution in [0.3, 0.4) is 0 Å². The van der Waals surface area contributed by atoms with Gasteiger partial charge < -0.3 is 24.2 Å². The maximum atomic E-state index is 15.6. The van der Waals surface area contributed by atoms with Crippen LogP contribution in [0.1, 0.15) is 37.8 Å². The van der Waals surface area contributed by atoms with E-state index in [1.807, 2.05) is 11.9 Å². The molecule has 0 spiro atoms. The van der Waals surface area contributed by atoms with E-state index in [2.05, 4.69) is 4.90 Å². The molecule has 1 aliphatic heterocycles. The summed E-state index contributed by atoms with van der Waals surface area (Å²) in [5, 5.41) is 12.2. The number of benzene rings is 1. The molecule has 1 aromatic carbocycles. The van der Waals surface area contributed by atoms with Crippen LogP contribution in [-0.2, 0) is 19.1 Å². The molecule has 0 bridgehead atoms. The number of esters is 2. The Morgan fingerprint density at radius 3 is 2.09 bits per heavy atom. The number of anilines is 2. The van der Waals surface area contributed by atoms with Crippen LogP contribution in [0.15, 0.2) is 11.8 Å². The molecule has 1 aliphatic carbocycles. The molecule has 10 nitrogen and oxygen atoms in total. The summed E-state index contributed by atoms with van der Waals surface area (Å²) in [5.74, 6) is -2.39. The summed E-state index contributed by atoms with van der Waals surface area (Å²) in [6, 6.07) is -0.184. The number of hydrogen-bond donors (Lipinski definition) is 0. The van der Waals surface area contributed by atoms with Gasteiger partial charge in [0.25, 0.3) is 5.69 Å². The standard InChI is InChI=1S/C24H33FN4O6/c1-6-34-23(30)18(24(31)35-7-2)14-28(17-8-9-17)21-16(4)20(27-12-10-26(5)11-13-27)19(25)15(3)22(21)29(32)33/h14,17H,6-13H2,1-5H3. The first kappa shape index (κ1) is 26.4. The second-order valence-electron chi connectivity index (χ2n) is 8.78. The van der Waals surface area contributed by atoms with E-state index in [0.29, 0.717) is 37.2 Å². The fourth-order valence-corrected chi connectivity index (χ4v) is 4.31. The minimum Gasteiger partial charge on any atom is -0.462 e. The molecule has 2 fully saturated rings. The summed E-state index contributed by atoms with van der Waals surface area (Å²) < 4.78 is 25.7. The highest BCUT2D eigenvalue weighted by Crippen LogP contribution is 2.46. The fraction of sp³-hybridized carbons (Fsp3) is 0.583. The minimum absolute atomic E-state index is 0.0430. The molecule has 1 saturated heterocycles. The molecule has 2 aliphatic rings. The third-order valence-electron chi connectivity index (χ3n) is 6.29. The van der Waals surface area contributed by atoms with E-state index < -0.39 is 22.7 Å². The van der Waals surface area contributed by atoms with Crippen molar-refractivity contribution in [3.8, 4) is 0 Å². The average Bonchev–Trinajstić information content (AvgIpc) is 3.64. The van der Waals surface area contributed by atoms with Gasteiger partial charge in [-0.1, -0.05) is 0 Å². The van der Waals surface area contributed by atoms with Gasteiger partial charge in [0.15, 0.2) is 11.4 Å². The van der Waals surface area contributed by atoms with Crippen LogP contribution in [-0.4, -0.2) is 74.2 Å². The molecule has 0 atom stereocenters. The van der Waals surface area contributed by atoms with Gasteiger partial charge in [-0.15, -0.1) is 0 Å². The van der Waals surface area contributed by atoms with E-state index in [4.69, 9.17) is 9.47 Å². The lowest BCUT2D eigenvalue weighted by Gasteiger charge is -2.36. The van der Waals surface area contributed by atoms with Crippen LogP contribution in [0.5, 0.6) is 0 Å². The Morgan fingerprint density at radius 2 is 1.63 bits per heavy atom. The van der Waals surface area contributed by atoms with Gasteiger partial charge in [0.2, 0.25) is 0 Å². The molecule has 0 radical (unpaired) electrons. The zero-order valence-corrected chi connectivity index (χ0v) is 20.9. The lowest BCUT2D eigenvalue weighted by atomic mass is 10.0. The second kappa shape index (κ2) is 11.0. The van der Waals surface area contributed by atoms with Crippen LogP contribution in [0, 0.1) is 29.8 Å². The number of ether oxygens (including phenoxy) is 2. The number of carbonyl (C=O) groups is 2. The normalized spacial score (nSPS) is 16.0. The number of piperazine rings is 1. The quantitative estimate of drug-likeness (QED) is 0.128. The van der Waals surface area contributed by atoms with Crippen LogP contribution in [0.4, 0.5) is 21.5 Å². The summed E-state index contributed by atoms with van der Waals surface area (Å²) >= 11 is 0. The highest BCUT2D eigenvalue weighted by molar-refractivity contribution is 6.14. The predicted molar refractivity (Wildman–Crippen MR) is 129 cm³/mol. The van der Waals surface area contributed by atoms with E-state index >= 15 is 4.39 Å². The number of nitro benzene ring substituents is 1. The number of rotatable bonds is 9. The third kappa shape index (κ3) is 5.55. The van der Waals surface area contributed by atoms with Crippen LogP contribution in [0.2, 0.25) is 0 Å². The van der Waals surface area contributed by atoms with E-state index in [-0.39, 0.29) is 41.8 Å². The molecule has 11 heteroatoms. The van der Waals surface area contributed by atoms with Crippen molar-refractivity contribution < 1.29 is 28.4 Å². The molecule has 35 heavy (non-hydrogen) atoms. The lowest BCUT2D eigenvalue weighted by Crippen LogP contribution is -2.45. The Balaban J connectivity index is 2.23. The van der Waals surface area contributed by atoms with E-state index in [9.17, 15) is 19.7 Å². The van der Waals surface area contributed by atoms with Crippen LogP contribution in [0.25, 0.3) is 0 Å². The van der Waals surface area contributed by atoms with Crippen molar-refractivity contribution in [2.45, 2.75) is 46.6 Å². The molecule has 0 N–H and O–H groups in total.